The topological polar surface area (TPSA) is 69.9 Å². The zero-order chi connectivity index (χ0) is 19.1. The Balaban J connectivity index is 0.000000381. The molecule has 0 amide bonds. The van der Waals surface area contributed by atoms with Crippen LogP contribution in [0.4, 0.5) is 0 Å². The van der Waals surface area contributed by atoms with E-state index in [0.717, 1.165) is 22.3 Å². The monoisotopic (exact) mass is 430 g/mol. The summed E-state index contributed by atoms with van der Waals surface area (Å²) in [5.74, 6) is 1.88. The molecule has 2 saturated carbocycles. The fraction of sp³-hybridized carbons (Fsp3) is 1.00. The third kappa shape index (κ3) is 8.52. The molecular weight excluding hydrogens is 394 g/mol. The van der Waals surface area contributed by atoms with Crippen molar-refractivity contribution in [2.45, 2.75) is 57.5 Å². The first-order valence-electron chi connectivity index (χ1n) is 8.88. The van der Waals surface area contributed by atoms with Crippen molar-refractivity contribution >= 4 is 39.2 Å². The van der Waals surface area contributed by atoms with Gasteiger partial charge in [-0.2, -0.15) is 0 Å². The summed E-state index contributed by atoms with van der Waals surface area (Å²) in [6, 6.07) is 0. The Kier molecular flexibility index (Phi) is 11.2. The van der Waals surface area contributed by atoms with Crippen LogP contribution in [0.2, 0.25) is 0 Å². The molecule has 4 nitrogen and oxygen atoms in total. The van der Waals surface area contributed by atoms with Gasteiger partial charge >= 0.3 is 0 Å². The Bertz CT molecular complexity index is 380. The fourth-order valence-corrected chi connectivity index (χ4v) is 7.72. The van der Waals surface area contributed by atoms with E-state index in [9.17, 15) is 0 Å². The summed E-state index contributed by atoms with van der Waals surface area (Å²) in [7, 11) is 3.37. The van der Waals surface area contributed by atoms with Crippen LogP contribution in [0.15, 0.2) is 0 Å². The predicted molar refractivity (Wildman–Crippen MR) is 116 cm³/mol. The Morgan fingerprint density at radius 1 is 0.920 bits per heavy atom. The highest BCUT2D eigenvalue weighted by Gasteiger charge is 2.45. The highest BCUT2D eigenvalue weighted by atomic mass is 32.7. The molecule has 0 spiro atoms. The smallest absolute Gasteiger partial charge is 0.0747 e. The van der Waals surface area contributed by atoms with Crippen molar-refractivity contribution in [3.8, 4) is 0 Å². The lowest BCUT2D eigenvalue weighted by molar-refractivity contribution is 0.0857. The number of hydrogen-bond acceptors (Lipinski definition) is 6. The van der Waals surface area contributed by atoms with Gasteiger partial charge in [0.25, 0.3) is 0 Å². The van der Waals surface area contributed by atoms with Gasteiger partial charge in [-0.1, -0.05) is 36.1 Å². The van der Waals surface area contributed by atoms with E-state index in [1.54, 1.807) is 13.8 Å². The second-order valence-electron chi connectivity index (χ2n) is 8.73. The van der Waals surface area contributed by atoms with E-state index in [1.807, 2.05) is 36.6 Å². The summed E-state index contributed by atoms with van der Waals surface area (Å²) in [4.78, 5) is 0. The number of aliphatic hydroxyl groups excluding tert-OH is 3. The molecule has 8 heteroatoms. The Morgan fingerprint density at radius 3 is 1.84 bits per heavy atom. The minimum absolute atomic E-state index is 0.0451. The van der Waals surface area contributed by atoms with Crippen LogP contribution in [0, 0.1) is 22.7 Å². The molecule has 0 heterocycles. The SMILES string of the molecule is CC(C)(CO)CO.CC(C)(CO)COPSC1CC2CC1CC2SP. The lowest BCUT2D eigenvalue weighted by Crippen LogP contribution is -2.22. The predicted octanol–water partition coefficient (Wildman–Crippen LogP) is 3.95. The molecule has 0 aliphatic heterocycles. The Morgan fingerprint density at radius 2 is 1.44 bits per heavy atom. The van der Waals surface area contributed by atoms with Crippen LogP contribution >= 0.6 is 39.2 Å². The molecule has 25 heavy (non-hydrogen) atoms. The van der Waals surface area contributed by atoms with Crippen LogP contribution < -0.4 is 0 Å². The van der Waals surface area contributed by atoms with Crippen molar-refractivity contribution in [2.24, 2.45) is 22.7 Å². The average Bonchev–Trinajstić information content (AvgIpc) is 3.19. The molecule has 0 radical (unpaired) electrons. The molecule has 0 aromatic carbocycles. The first kappa shape index (κ1) is 24.4. The molecule has 2 aliphatic rings. The van der Waals surface area contributed by atoms with Gasteiger partial charge in [0.15, 0.2) is 0 Å². The zero-order valence-electron chi connectivity index (χ0n) is 15.9. The van der Waals surface area contributed by atoms with Gasteiger partial charge in [-0.25, -0.2) is 0 Å². The summed E-state index contributed by atoms with van der Waals surface area (Å²) < 4.78 is 5.73. The van der Waals surface area contributed by atoms with Gasteiger partial charge in [-0.05, 0) is 31.1 Å². The second-order valence-corrected chi connectivity index (χ2v) is 12.9. The number of aliphatic hydroxyl groups is 3. The molecule has 2 bridgehead atoms. The van der Waals surface area contributed by atoms with Crippen LogP contribution in [0.25, 0.3) is 0 Å². The molecule has 2 fully saturated rings. The van der Waals surface area contributed by atoms with E-state index < -0.39 is 0 Å². The summed E-state index contributed by atoms with van der Waals surface area (Å²) >= 11 is 4.00. The molecule has 0 saturated heterocycles. The molecule has 2 aliphatic carbocycles. The number of hydrogen-bond donors (Lipinski definition) is 3. The molecular formula is C17H36O4P2S2. The summed E-state index contributed by atoms with van der Waals surface area (Å²) in [6.07, 6.45) is 4.24. The standard InChI is InChI=1S/C12H24O2P2S2.C5H12O2/c1-12(2,6-13)7-14-16-18-11-5-8-3-9(11)4-10(8)17-15;1-5(2,3-6)4-7/h8-11,13,16H,3-7,15H2,1-2H3;6-7H,3-4H2,1-2H3. The maximum absolute atomic E-state index is 9.16. The second kappa shape index (κ2) is 11.4. The van der Waals surface area contributed by atoms with E-state index in [1.165, 1.54) is 19.3 Å². The minimum Gasteiger partial charge on any atom is -0.396 e. The molecule has 0 aromatic heterocycles. The molecule has 150 valence electrons. The van der Waals surface area contributed by atoms with Crippen LogP contribution in [0.5, 0.6) is 0 Å². The Hall–Kier alpha value is 1.40. The van der Waals surface area contributed by atoms with Crippen molar-refractivity contribution in [3.05, 3.63) is 0 Å². The maximum Gasteiger partial charge on any atom is 0.0747 e. The normalized spacial score (nSPS) is 29.3. The van der Waals surface area contributed by atoms with Crippen LogP contribution in [0.1, 0.15) is 47.0 Å². The number of rotatable bonds is 9. The maximum atomic E-state index is 9.16. The van der Waals surface area contributed by atoms with Crippen molar-refractivity contribution in [3.63, 3.8) is 0 Å². The van der Waals surface area contributed by atoms with Crippen molar-refractivity contribution in [2.75, 3.05) is 26.4 Å². The highest BCUT2D eigenvalue weighted by molar-refractivity contribution is 8.48. The third-order valence-electron chi connectivity index (χ3n) is 4.91. The molecule has 3 N–H and O–H groups in total. The van der Waals surface area contributed by atoms with E-state index in [2.05, 4.69) is 8.44 Å². The first-order valence-corrected chi connectivity index (χ1v) is 13.8. The summed E-state index contributed by atoms with van der Waals surface area (Å²) in [6.45, 7) is 8.64. The molecule has 6 atom stereocenters. The Labute approximate surface area is 165 Å². The summed E-state index contributed by atoms with van der Waals surface area (Å²) in [5, 5.41) is 27.8. The molecule has 2 rings (SSSR count). The van der Waals surface area contributed by atoms with Gasteiger partial charge in [0.05, 0.1) is 34.4 Å². The van der Waals surface area contributed by atoms with Crippen molar-refractivity contribution in [1.82, 2.24) is 0 Å². The number of fused-ring (bicyclic) bond motifs is 2. The zero-order valence-corrected chi connectivity index (χ0v) is 19.7. The first-order chi connectivity index (χ1) is 11.7. The van der Waals surface area contributed by atoms with Gasteiger partial charge in [0, 0.05) is 21.3 Å². The van der Waals surface area contributed by atoms with Crippen molar-refractivity contribution in [1.29, 1.82) is 0 Å². The van der Waals surface area contributed by atoms with Gasteiger partial charge < -0.3 is 19.8 Å². The van der Waals surface area contributed by atoms with Crippen LogP contribution in [-0.4, -0.2) is 52.2 Å². The van der Waals surface area contributed by atoms with Gasteiger partial charge in [0.1, 0.15) is 0 Å². The lowest BCUT2D eigenvalue weighted by Gasteiger charge is -2.26. The third-order valence-corrected chi connectivity index (χ3v) is 9.67. The van der Waals surface area contributed by atoms with Gasteiger partial charge in [0.2, 0.25) is 0 Å². The minimum atomic E-state index is -0.306. The molecule has 6 unspecified atom stereocenters. The lowest BCUT2D eigenvalue weighted by atomic mass is 9.97. The van der Waals surface area contributed by atoms with Crippen LogP contribution in [0.3, 0.4) is 0 Å². The molecule has 0 aromatic rings. The largest absolute Gasteiger partial charge is 0.396 e. The van der Waals surface area contributed by atoms with Gasteiger partial charge in [-0.15, -0.1) is 22.8 Å². The van der Waals surface area contributed by atoms with Crippen molar-refractivity contribution < 1.29 is 19.8 Å². The van der Waals surface area contributed by atoms with E-state index in [-0.39, 0.29) is 30.7 Å². The quantitative estimate of drug-likeness (QED) is 0.380. The average molecular weight is 431 g/mol. The van der Waals surface area contributed by atoms with E-state index in [4.69, 9.17) is 19.8 Å². The van der Waals surface area contributed by atoms with E-state index >= 15 is 0 Å². The highest BCUT2D eigenvalue weighted by Crippen LogP contribution is 2.57. The van der Waals surface area contributed by atoms with Gasteiger partial charge in [-0.3, -0.25) is 0 Å². The fourth-order valence-electron chi connectivity index (χ4n) is 2.90. The van der Waals surface area contributed by atoms with Crippen LogP contribution in [-0.2, 0) is 4.52 Å². The van der Waals surface area contributed by atoms with E-state index in [0.29, 0.717) is 14.6 Å². The summed E-state index contributed by atoms with van der Waals surface area (Å²) in [5.41, 5.74) is -0.399.